The molecule has 0 spiro atoms. The summed E-state index contributed by atoms with van der Waals surface area (Å²) in [7, 11) is 0. The second-order valence-corrected chi connectivity index (χ2v) is 6.89. The Morgan fingerprint density at radius 3 is 2.50 bits per heavy atom. The monoisotopic (exact) mass is 330 g/mol. The highest BCUT2D eigenvalue weighted by atomic mass is 16.5. The summed E-state index contributed by atoms with van der Waals surface area (Å²) in [5.74, 6) is 1.47. The van der Waals surface area contributed by atoms with Gasteiger partial charge in [-0.15, -0.1) is 0 Å². The molecule has 2 heterocycles. The first-order valence-corrected chi connectivity index (χ1v) is 8.84. The summed E-state index contributed by atoms with van der Waals surface area (Å²) >= 11 is 0. The lowest BCUT2D eigenvalue weighted by molar-refractivity contribution is -0.129. The number of nitrogens with zero attached hydrogens (tertiary/aromatic N) is 1. The predicted molar refractivity (Wildman–Crippen MR) is 92.7 cm³/mol. The molecule has 0 unspecified atom stereocenters. The number of rotatable bonds is 4. The molecule has 2 aliphatic heterocycles. The minimum absolute atomic E-state index is 0.0879. The highest BCUT2D eigenvalue weighted by Crippen LogP contribution is 2.31. The quantitative estimate of drug-likeness (QED) is 0.922. The van der Waals surface area contributed by atoms with Crippen LogP contribution in [0, 0.1) is 11.8 Å². The van der Waals surface area contributed by atoms with E-state index in [-0.39, 0.29) is 11.8 Å². The fourth-order valence-corrected chi connectivity index (χ4v) is 3.78. The minimum atomic E-state index is -0.0879. The number of carbonyl (C=O) groups excluding carboxylic acids is 2. The Bertz CT molecular complexity index is 579. The molecule has 0 bridgehead atoms. The van der Waals surface area contributed by atoms with Gasteiger partial charge in [0.2, 0.25) is 11.8 Å². The van der Waals surface area contributed by atoms with E-state index in [1.165, 1.54) is 6.92 Å². The zero-order chi connectivity index (χ0) is 16.9. The van der Waals surface area contributed by atoms with E-state index in [1.807, 2.05) is 29.2 Å². The normalized spacial score (nSPS) is 21.7. The topological polar surface area (TPSA) is 58.6 Å². The van der Waals surface area contributed by atoms with Gasteiger partial charge >= 0.3 is 0 Å². The van der Waals surface area contributed by atoms with Gasteiger partial charge in [-0.2, -0.15) is 0 Å². The van der Waals surface area contributed by atoms with Gasteiger partial charge < -0.3 is 15.0 Å². The highest BCUT2D eigenvalue weighted by Gasteiger charge is 2.32. The van der Waals surface area contributed by atoms with Gasteiger partial charge in [-0.25, -0.2) is 0 Å². The van der Waals surface area contributed by atoms with Gasteiger partial charge in [0.05, 0.1) is 6.42 Å². The Kier molecular flexibility index (Phi) is 5.51. The molecule has 5 heteroatoms. The first-order valence-electron chi connectivity index (χ1n) is 8.84. The van der Waals surface area contributed by atoms with Crippen LogP contribution in [0.4, 0.5) is 5.69 Å². The third-order valence-electron chi connectivity index (χ3n) is 5.14. The Labute approximate surface area is 143 Å². The van der Waals surface area contributed by atoms with Crippen molar-refractivity contribution in [1.82, 2.24) is 4.90 Å². The molecule has 0 aliphatic carbocycles. The number of amides is 2. The molecule has 2 amide bonds. The summed E-state index contributed by atoms with van der Waals surface area (Å²) in [5.41, 5.74) is 1.75. The van der Waals surface area contributed by atoms with Crippen LogP contribution in [0.5, 0.6) is 0 Å². The fourth-order valence-electron chi connectivity index (χ4n) is 3.78. The van der Waals surface area contributed by atoms with Crippen molar-refractivity contribution in [3.63, 3.8) is 0 Å². The van der Waals surface area contributed by atoms with Crippen LogP contribution in [-0.4, -0.2) is 43.0 Å². The Morgan fingerprint density at radius 2 is 1.83 bits per heavy atom. The third kappa shape index (κ3) is 4.35. The molecule has 5 nitrogen and oxygen atoms in total. The molecule has 130 valence electrons. The number of anilines is 1. The number of nitrogens with one attached hydrogen (secondary N) is 1. The first-order chi connectivity index (χ1) is 11.6. The fraction of sp³-hybridized carbons (Fsp3) is 0.579. The lowest BCUT2D eigenvalue weighted by Crippen LogP contribution is -2.32. The molecule has 24 heavy (non-hydrogen) atoms. The van der Waals surface area contributed by atoms with Crippen LogP contribution in [0.15, 0.2) is 24.3 Å². The molecule has 2 fully saturated rings. The van der Waals surface area contributed by atoms with E-state index in [9.17, 15) is 9.59 Å². The van der Waals surface area contributed by atoms with Gasteiger partial charge in [0.1, 0.15) is 0 Å². The summed E-state index contributed by atoms with van der Waals surface area (Å²) in [6, 6.07) is 7.52. The van der Waals surface area contributed by atoms with Crippen molar-refractivity contribution in [3.8, 4) is 0 Å². The second-order valence-electron chi connectivity index (χ2n) is 6.89. The molecule has 0 radical (unpaired) electrons. The van der Waals surface area contributed by atoms with Crippen molar-refractivity contribution in [1.29, 1.82) is 0 Å². The van der Waals surface area contributed by atoms with Gasteiger partial charge in [0.25, 0.3) is 0 Å². The van der Waals surface area contributed by atoms with Crippen LogP contribution in [-0.2, 0) is 20.7 Å². The summed E-state index contributed by atoms with van der Waals surface area (Å²) in [6.45, 7) is 5.00. The van der Waals surface area contributed by atoms with Gasteiger partial charge in [0.15, 0.2) is 0 Å². The van der Waals surface area contributed by atoms with Gasteiger partial charge in [0, 0.05) is 38.9 Å². The largest absolute Gasteiger partial charge is 0.381 e. The minimum Gasteiger partial charge on any atom is -0.381 e. The summed E-state index contributed by atoms with van der Waals surface area (Å²) in [4.78, 5) is 25.6. The number of benzene rings is 1. The molecule has 1 aromatic rings. The number of carbonyl (C=O) groups is 2. The number of hydrogen-bond acceptors (Lipinski definition) is 3. The van der Waals surface area contributed by atoms with Crippen molar-refractivity contribution >= 4 is 17.5 Å². The van der Waals surface area contributed by atoms with Crippen LogP contribution >= 0.6 is 0 Å². The van der Waals surface area contributed by atoms with E-state index in [4.69, 9.17) is 4.74 Å². The van der Waals surface area contributed by atoms with Crippen LogP contribution in [0.2, 0.25) is 0 Å². The molecule has 2 aliphatic rings. The lowest BCUT2D eigenvalue weighted by Gasteiger charge is -2.27. The number of ether oxygens (including phenoxy) is 1. The van der Waals surface area contributed by atoms with E-state index in [0.717, 1.165) is 56.8 Å². The smallest absolute Gasteiger partial charge is 0.226 e. The van der Waals surface area contributed by atoms with E-state index in [0.29, 0.717) is 18.3 Å². The maximum Gasteiger partial charge on any atom is 0.226 e. The summed E-state index contributed by atoms with van der Waals surface area (Å²) < 4.78 is 5.44. The second kappa shape index (κ2) is 7.79. The number of hydrogen-bond donors (Lipinski definition) is 1. The molecule has 1 N–H and O–H groups in total. The SMILES string of the molecule is CC(=O)Nc1ccc(CC(=O)N2CC[C@@H](C3CCOCC3)C2)cc1. The molecule has 1 aromatic carbocycles. The zero-order valence-electron chi connectivity index (χ0n) is 14.3. The van der Waals surface area contributed by atoms with Crippen LogP contribution in [0.25, 0.3) is 0 Å². The van der Waals surface area contributed by atoms with Gasteiger partial charge in [-0.05, 0) is 48.8 Å². The standard InChI is InChI=1S/C19H26N2O3/c1-14(22)20-18-4-2-15(3-5-18)12-19(23)21-9-6-17(13-21)16-7-10-24-11-8-16/h2-5,16-17H,6-13H2,1H3,(H,20,22)/t17-/m1/s1. The van der Waals surface area contributed by atoms with E-state index in [2.05, 4.69) is 5.32 Å². The first kappa shape index (κ1) is 17.0. The Balaban J connectivity index is 1.51. The van der Waals surface area contributed by atoms with Gasteiger partial charge in [-0.3, -0.25) is 9.59 Å². The molecule has 1 atom stereocenters. The predicted octanol–water partition coefficient (Wildman–Crippen LogP) is 2.46. The van der Waals surface area contributed by atoms with Crippen molar-refractivity contribution in [3.05, 3.63) is 29.8 Å². The Morgan fingerprint density at radius 1 is 1.12 bits per heavy atom. The molecule has 3 rings (SSSR count). The van der Waals surface area contributed by atoms with Crippen LogP contribution < -0.4 is 5.32 Å². The van der Waals surface area contributed by atoms with E-state index in [1.54, 1.807) is 0 Å². The van der Waals surface area contributed by atoms with Crippen molar-refractivity contribution < 1.29 is 14.3 Å². The van der Waals surface area contributed by atoms with Crippen molar-refractivity contribution in [2.45, 2.75) is 32.6 Å². The van der Waals surface area contributed by atoms with E-state index < -0.39 is 0 Å². The molecule has 0 aromatic heterocycles. The Hall–Kier alpha value is -1.88. The van der Waals surface area contributed by atoms with Crippen LogP contribution in [0.3, 0.4) is 0 Å². The molecule has 0 saturated carbocycles. The number of likely N-dealkylation sites (tertiary alicyclic amines) is 1. The molecule has 2 saturated heterocycles. The maximum atomic E-state index is 12.5. The third-order valence-corrected chi connectivity index (χ3v) is 5.14. The van der Waals surface area contributed by atoms with Crippen molar-refractivity contribution in [2.75, 3.05) is 31.6 Å². The van der Waals surface area contributed by atoms with Gasteiger partial charge in [-0.1, -0.05) is 12.1 Å². The highest BCUT2D eigenvalue weighted by molar-refractivity contribution is 5.88. The maximum absolute atomic E-state index is 12.5. The molecular weight excluding hydrogens is 304 g/mol. The molecular formula is C19H26N2O3. The summed E-state index contributed by atoms with van der Waals surface area (Å²) in [6.07, 6.45) is 3.83. The van der Waals surface area contributed by atoms with Crippen molar-refractivity contribution in [2.24, 2.45) is 11.8 Å². The lowest BCUT2D eigenvalue weighted by atomic mass is 9.85. The average molecular weight is 330 g/mol. The zero-order valence-corrected chi connectivity index (χ0v) is 14.3. The van der Waals surface area contributed by atoms with E-state index >= 15 is 0 Å². The summed E-state index contributed by atoms with van der Waals surface area (Å²) in [5, 5.41) is 2.74. The average Bonchev–Trinajstić information content (AvgIpc) is 3.07. The van der Waals surface area contributed by atoms with Crippen LogP contribution in [0.1, 0.15) is 31.7 Å².